The van der Waals surface area contributed by atoms with E-state index in [4.69, 9.17) is 13.7 Å². The van der Waals surface area contributed by atoms with Crippen LogP contribution in [0.3, 0.4) is 0 Å². The molecule has 2 aromatic carbocycles. The quantitative estimate of drug-likeness (QED) is 0.316. The molecule has 2 aliphatic rings. The summed E-state index contributed by atoms with van der Waals surface area (Å²) in [5, 5.41) is 0. The molecule has 2 aromatic rings. The second-order valence-electron chi connectivity index (χ2n) is 7.67. The van der Waals surface area contributed by atoms with E-state index in [-0.39, 0.29) is 17.7 Å². The van der Waals surface area contributed by atoms with Crippen molar-refractivity contribution in [2.75, 3.05) is 27.1 Å². The van der Waals surface area contributed by atoms with Crippen LogP contribution in [0.15, 0.2) is 42.5 Å². The van der Waals surface area contributed by atoms with E-state index >= 15 is 0 Å². The number of imide groups is 1. The molecule has 10 nitrogen and oxygen atoms in total. The Morgan fingerprint density at radius 1 is 0.939 bits per heavy atom. The number of hydrogen-bond donors (Lipinski definition) is 0. The van der Waals surface area contributed by atoms with Crippen LogP contribution >= 0.6 is 0 Å². The van der Waals surface area contributed by atoms with Crippen molar-refractivity contribution in [1.82, 2.24) is 9.80 Å². The van der Waals surface area contributed by atoms with E-state index in [1.165, 1.54) is 31.3 Å². The van der Waals surface area contributed by atoms with E-state index in [0.29, 0.717) is 17.1 Å². The average Bonchev–Trinajstić information content (AvgIpc) is 3.04. The number of carbonyl (C=O) groups is 3. The summed E-state index contributed by atoms with van der Waals surface area (Å²) in [4.78, 5) is 41.2. The minimum absolute atomic E-state index is 0.0590. The predicted molar refractivity (Wildman–Crippen MR) is 115 cm³/mol. The molecule has 0 N–H and O–H groups in total. The first-order valence-electron chi connectivity index (χ1n) is 9.99. The number of benzene rings is 2. The molecule has 0 spiro atoms. The van der Waals surface area contributed by atoms with Gasteiger partial charge >= 0.3 is 0 Å². The third kappa shape index (κ3) is 4.05. The highest BCUT2D eigenvalue weighted by atomic mass is 32.2. The van der Waals surface area contributed by atoms with Gasteiger partial charge in [-0.15, -0.1) is 0 Å². The van der Waals surface area contributed by atoms with Crippen molar-refractivity contribution in [3.8, 4) is 11.5 Å². The molecule has 0 radical (unpaired) electrons. The lowest BCUT2D eigenvalue weighted by atomic mass is 9.92. The van der Waals surface area contributed by atoms with Crippen molar-refractivity contribution in [2.24, 2.45) is 0 Å². The van der Waals surface area contributed by atoms with Crippen LogP contribution in [0.2, 0.25) is 0 Å². The number of β-lactam (4-membered cyclic amide) rings is 1. The van der Waals surface area contributed by atoms with Crippen LogP contribution in [-0.2, 0) is 25.6 Å². The molecule has 0 aliphatic carbocycles. The first-order chi connectivity index (χ1) is 15.7. The average molecular weight is 474 g/mol. The van der Waals surface area contributed by atoms with Gasteiger partial charge in [0.2, 0.25) is 5.91 Å². The van der Waals surface area contributed by atoms with Gasteiger partial charge in [0.1, 0.15) is 17.5 Å². The van der Waals surface area contributed by atoms with Gasteiger partial charge in [-0.1, -0.05) is 12.1 Å². The van der Waals surface area contributed by atoms with Crippen LogP contribution in [0.5, 0.6) is 11.5 Å². The zero-order valence-electron chi connectivity index (χ0n) is 18.2. The first-order valence-corrected chi connectivity index (χ1v) is 11.8. The first kappa shape index (κ1) is 22.7. The number of fused-ring (bicyclic) bond motifs is 1. The fourth-order valence-corrected chi connectivity index (χ4v) is 4.45. The van der Waals surface area contributed by atoms with E-state index in [2.05, 4.69) is 0 Å². The normalized spacial score (nSPS) is 20.0. The molecule has 2 aliphatic heterocycles. The third-order valence-electron chi connectivity index (χ3n) is 5.69. The van der Waals surface area contributed by atoms with Crippen molar-refractivity contribution in [3.63, 3.8) is 0 Å². The Bertz CT molecular complexity index is 1210. The van der Waals surface area contributed by atoms with Crippen molar-refractivity contribution >= 4 is 27.8 Å². The Morgan fingerprint density at radius 2 is 1.58 bits per heavy atom. The molecule has 2 heterocycles. The summed E-state index contributed by atoms with van der Waals surface area (Å²) < 4.78 is 38.8. The van der Waals surface area contributed by atoms with Crippen LogP contribution < -0.4 is 9.47 Å². The van der Waals surface area contributed by atoms with Gasteiger partial charge in [0, 0.05) is 18.2 Å². The van der Waals surface area contributed by atoms with E-state index in [1.807, 2.05) is 0 Å². The standard InChI is InChI=1S/C22H22N2O8S/c1-30-14-9-8-13(18(10-14)31-2)11-23-17(12-32-33(3,28)29)19(22(23)27)24-20(25)15-6-4-5-7-16(15)21(24)26/h4-10,17,19H,11-12H2,1-3H3/t17-,19+/m1/s1. The topological polar surface area (TPSA) is 120 Å². The smallest absolute Gasteiger partial charge is 0.264 e. The highest BCUT2D eigenvalue weighted by Crippen LogP contribution is 2.35. The number of methoxy groups -OCH3 is 2. The summed E-state index contributed by atoms with van der Waals surface area (Å²) in [6, 6.07) is 9.32. The van der Waals surface area contributed by atoms with Gasteiger partial charge in [-0.2, -0.15) is 8.42 Å². The van der Waals surface area contributed by atoms with Crippen molar-refractivity contribution < 1.29 is 36.5 Å². The van der Waals surface area contributed by atoms with Crippen LogP contribution in [0.4, 0.5) is 0 Å². The van der Waals surface area contributed by atoms with Gasteiger partial charge in [0.15, 0.2) is 0 Å². The van der Waals surface area contributed by atoms with E-state index in [0.717, 1.165) is 11.2 Å². The number of likely N-dealkylation sites (tertiary alicyclic amines) is 1. The molecule has 11 heteroatoms. The lowest BCUT2D eigenvalue weighted by Gasteiger charge is -2.49. The summed E-state index contributed by atoms with van der Waals surface area (Å²) in [7, 11) is -0.839. The highest BCUT2D eigenvalue weighted by Gasteiger charge is 2.56. The van der Waals surface area contributed by atoms with Crippen LogP contribution in [-0.4, -0.2) is 75.1 Å². The van der Waals surface area contributed by atoms with Gasteiger partial charge in [-0.25, -0.2) is 0 Å². The third-order valence-corrected chi connectivity index (χ3v) is 6.26. The number of carbonyl (C=O) groups excluding carboxylic acids is 3. The number of ether oxygens (including phenoxy) is 2. The fraction of sp³-hybridized carbons (Fsp3) is 0.318. The monoisotopic (exact) mass is 474 g/mol. The molecule has 2 atom stereocenters. The molecule has 0 aromatic heterocycles. The van der Waals surface area contributed by atoms with Crippen LogP contribution in [0, 0.1) is 0 Å². The molecular formula is C22H22N2O8S. The summed E-state index contributed by atoms with van der Waals surface area (Å²) >= 11 is 0. The Labute approximate surface area is 190 Å². The maximum absolute atomic E-state index is 13.2. The summed E-state index contributed by atoms with van der Waals surface area (Å²) in [5.41, 5.74) is 1.04. The summed E-state index contributed by atoms with van der Waals surface area (Å²) in [6.45, 7) is -0.343. The maximum atomic E-state index is 13.2. The number of amides is 3. The largest absolute Gasteiger partial charge is 0.497 e. The van der Waals surface area contributed by atoms with Crippen molar-refractivity contribution in [2.45, 2.75) is 18.6 Å². The maximum Gasteiger partial charge on any atom is 0.264 e. The Balaban J connectivity index is 1.64. The van der Waals surface area contributed by atoms with Crippen molar-refractivity contribution in [1.29, 1.82) is 0 Å². The van der Waals surface area contributed by atoms with Gasteiger partial charge in [-0.3, -0.25) is 23.5 Å². The molecule has 1 fully saturated rings. The van der Waals surface area contributed by atoms with Crippen LogP contribution in [0.1, 0.15) is 26.3 Å². The summed E-state index contributed by atoms with van der Waals surface area (Å²) in [6.07, 6.45) is 0.890. The number of hydrogen-bond acceptors (Lipinski definition) is 8. The number of rotatable bonds is 8. The SMILES string of the molecule is COc1ccc(CN2C(=O)[C@@H](N3C(=O)c4ccccc4C3=O)[C@H]2COS(C)(=O)=O)c(OC)c1. The molecule has 0 unspecified atom stereocenters. The second-order valence-corrected chi connectivity index (χ2v) is 9.31. The Kier molecular flexibility index (Phi) is 5.85. The summed E-state index contributed by atoms with van der Waals surface area (Å²) in [5.74, 6) is -0.662. The lowest BCUT2D eigenvalue weighted by Crippen LogP contribution is -2.72. The van der Waals surface area contributed by atoms with E-state index in [1.54, 1.807) is 30.3 Å². The lowest BCUT2D eigenvalue weighted by molar-refractivity contribution is -0.158. The Hall–Kier alpha value is -3.44. The highest BCUT2D eigenvalue weighted by molar-refractivity contribution is 7.85. The zero-order chi connectivity index (χ0) is 23.9. The molecule has 4 rings (SSSR count). The van der Waals surface area contributed by atoms with Crippen LogP contribution in [0.25, 0.3) is 0 Å². The van der Waals surface area contributed by atoms with E-state index in [9.17, 15) is 22.8 Å². The zero-order valence-corrected chi connectivity index (χ0v) is 19.0. The predicted octanol–water partition coefficient (Wildman–Crippen LogP) is 1.06. The van der Waals surface area contributed by atoms with Gasteiger partial charge in [0.25, 0.3) is 21.9 Å². The van der Waals surface area contributed by atoms with Crippen molar-refractivity contribution in [3.05, 3.63) is 59.2 Å². The minimum atomic E-state index is -3.83. The minimum Gasteiger partial charge on any atom is -0.497 e. The van der Waals surface area contributed by atoms with Gasteiger partial charge in [0.05, 0.1) is 44.3 Å². The molecule has 3 amide bonds. The molecule has 174 valence electrons. The molecule has 0 saturated carbocycles. The molecule has 0 bridgehead atoms. The Morgan fingerprint density at radius 3 is 2.12 bits per heavy atom. The second kappa shape index (κ2) is 8.49. The van der Waals surface area contributed by atoms with Gasteiger partial charge < -0.3 is 14.4 Å². The fourth-order valence-electron chi connectivity index (χ4n) is 4.06. The number of nitrogens with zero attached hydrogens (tertiary/aromatic N) is 2. The van der Waals surface area contributed by atoms with E-state index < -0.39 is 46.5 Å². The molecule has 1 saturated heterocycles. The van der Waals surface area contributed by atoms with Gasteiger partial charge in [-0.05, 0) is 24.3 Å². The molecule has 33 heavy (non-hydrogen) atoms. The molecular weight excluding hydrogens is 452 g/mol.